The van der Waals surface area contributed by atoms with E-state index in [9.17, 15) is 0 Å². The topological polar surface area (TPSA) is 45.0 Å². The predicted molar refractivity (Wildman–Crippen MR) is 67.9 cm³/mol. The summed E-state index contributed by atoms with van der Waals surface area (Å²) >= 11 is 0. The summed E-state index contributed by atoms with van der Waals surface area (Å²) in [4.78, 5) is 0. The van der Waals surface area contributed by atoms with Crippen LogP contribution in [-0.2, 0) is 4.74 Å². The van der Waals surface area contributed by atoms with E-state index >= 15 is 0 Å². The Kier molecular flexibility index (Phi) is 3.65. The smallest absolute Gasteiger partial charge is 0.0992 e. The molecule has 0 spiro atoms. The quantitative estimate of drug-likeness (QED) is 0.868. The van der Waals surface area contributed by atoms with Gasteiger partial charge in [0.1, 0.15) is 0 Å². The second-order valence-electron chi connectivity index (χ2n) is 4.70. The molecule has 2 rings (SSSR count). The van der Waals surface area contributed by atoms with Crippen LogP contribution < -0.4 is 5.32 Å². The van der Waals surface area contributed by atoms with Crippen LogP contribution in [0.25, 0.3) is 0 Å². The molecule has 2 atom stereocenters. The van der Waals surface area contributed by atoms with E-state index in [1.165, 1.54) is 5.56 Å². The molecule has 1 N–H and O–H groups in total. The standard InChI is InChI=1S/C14H18N2O/c1-10-3-4-12(8-15)7-14(10)16-11(2)13-5-6-17-9-13/h3-4,7,11,13,16H,5-6,9H2,1-2H3. The van der Waals surface area contributed by atoms with Crippen LogP contribution in [0.1, 0.15) is 24.5 Å². The molecule has 0 aliphatic carbocycles. The van der Waals surface area contributed by atoms with Gasteiger partial charge in [0.2, 0.25) is 0 Å². The maximum atomic E-state index is 8.90. The Balaban J connectivity index is 2.09. The van der Waals surface area contributed by atoms with Crippen LogP contribution in [0.2, 0.25) is 0 Å². The molecule has 1 aromatic carbocycles. The Morgan fingerprint density at radius 3 is 3.00 bits per heavy atom. The number of hydrogen-bond donors (Lipinski definition) is 1. The van der Waals surface area contributed by atoms with Crippen molar-refractivity contribution in [3.63, 3.8) is 0 Å². The van der Waals surface area contributed by atoms with Gasteiger partial charge in [0.25, 0.3) is 0 Å². The Morgan fingerprint density at radius 2 is 2.35 bits per heavy atom. The van der Waals surface area contributed by atoms with Gasteiger partial charge in [0, 0.05) is 24.3 Å². The highest BCUT2D eigenvalue weighted by Crippen LogP contribution is 2.23. The van der Waals surface area contributed by atoms with Gasteiger partial charge in [-0.05, 0) is 38.0 Å². The third kappa shape index (κ3) is 2.78. The fourth-order valence-electron chi connectivity index (χ4n) is 2.16. The molecule has 1 saturated heterocycles. The van der Waals surface area contributed by atoms with Gasteiger partial charge in [-0.25, -0.2) is 0 Å². The molecule has 1 aromatic rings. The number of rotatable bonds is 3. The summed E-state index contributed by atoms with van der Waals surface area (Å²) in [6.45, 7) is 5.94. The number of anilines is 1. The fraction of sp³-hybridized carbons (Fsp3) is 0.500. The van der Waals surface area contributed by atoms with Crippen molar-refractivity contribution in [3.8, 4) is 6.07 Å². The van der Waals surface area contributed by atoms with Crippen molar-refractivity contribution in [2.75, 3.05) is 18.5 Å². The lowest BCUT2D eigenvalue weighted by atomic mass is 9.99. The Bertz CT molecular complexity index is 430. The van der Waals surface area contributed by atoms with Gasteiger partial charge in [-0.1, -0.05) is 6.07 Å². The number of aryl methyl sites for hydroxylation is 1. The molecular formula is C14H18N2O. The summed E-state index contributed by atoms with van der Waals surface area (Å²) in [7, 11) is 0. The highest BCUT2D eigenvalue weighted by atomic mass is 16.5. The molecule has 1 aliphatic rings. The van der Waals surface area contributed by atoms with E-state index in [-0.39, 0.29) is 0 Å². The number of nitrogens with one attached hydrogen (secondary N) is 1. The fourth-order valence-corrected chi connectivity index (χ4v) is 2.16. The van der Waals surface area contributed by atoms with E-state index in [0.29, 0.717) is 17.5 Å². The highest BCUT2D eigenvalue weighted by molar-refractivity contribution is 5.55. The average molecular weight is 230 g/mol. The first-order chi connectivity index (χ1) is 8.20. The second kappa shape index (κ2) is 5.20. The maximum Gasteiger partial charge on any atom is 0.0992 e. The van der Waals surface area contributed by atoms with E-state index in [0.717, 1.165) is 25.3 Å². The normalized spacial score (nSPS) is 20.9. The number of nitriles is 1. The van der Waals surface area contributed by atoms with Crippen molar-refractivity contribution in [1.29, 1.82) is 5.26 Å². The molecule has 0 amide bonds. The minimum absolute atomic E-state index is 0.380. The minimum atomic E-state index is 0.380. The van der Waals surface area contributed by atoms with Crippen LogP contribution in [0.5, 0.6) is 0 Å². The molecule has 1 fully saturated rings. The van der Waals surface area contributed by atoms with Gasteiger partial charge in [-0.2, -0.15) is 5.26 Å². The maximum absolute atomic E-state index is 8.90. The molecule has 0 radical (unpaired) electrons. The van der Waals surface area contributed by atoms with Crippen LogP contribution in [0.4, 0.5) is 5.69 Å². The van der Waals surface area contributed by atoms with Crippen molar-refractivity contribution in [3.05, 3.63) is 29.3 Å². The first-order valence-electron chi connectivity index (χ1n) is 6.05. The average Bonchev–Trinajstić information content (AvgIpc) is 2.85. The Morgan fingerprint density at radius 1 is 1.53 bits per heavy atom. The molecule has 3 heteroatoms. The Hall–Kier alpha value is -1.53. The minimum Gasteiger partial charge on any atom is -0.382 e. The molecule has 0 aromatic heterocycles. The molecule has 90 valence electrons. The van der Waals surface area contributed by atoms with E-state index in [2.05, 4.69) is 25.2 Å². The largest absolute Gasteiger partial charge is 0.382 e. The summed E-state index contributed by atoms with van der Waals surface area (Å²) in [6.07, 6.45) is 1.12. The molecule has 17 heavy (non-hydrogen) atoms. The monoisotopic (exact) mass is 230 g/mol. The van der Waals surface area contributed by atoms with Crippen molar-refractivity contribution in [2.24, 2.45) is 5.92 Å². The number of ether oxygens (including phenoxy) is 1. The van der Waals surface area contributed by atoms with Crippen molar-refractivity contribution in [2.45, 2.75) is 26.3 Å². The third-order valence-electron chi connectivity index (χ3n) is 3.42. The third-order valence-corrected chi connectivity index (χ3v) is 3.42. The molecule has 3 nitrogen and oxygen atoms in total. The van der Waals surface area contributed by atoms with Gasteiger partial charge in [-0.3, -0.25) is 0 Å². The first kappa shape index (κ1) is 11.9. The summed E-state index contributed by atoms with van der Waals surface area (Å²) in [5, 5.41) is 12.4. The zero-order chi connectivity index (χ0) is 12.3. The lowest BCUT2D eigenvalue weighted by Gasteiger charge is -2.21. The van der Waals surface area contributed by atoms with Crippen LogP contribution in [0, 0.1) is 24.2 Å². The lowest BCUT2D eigenvalue weighted by Crippen LogP contribution is -2.26. The van der Waals surface area contributed by atoms with Crippen molar-refractivity contribution >= 4 is 5.69 Å². The Labute approximate surface area is 102 Å². The summed E-state index contributed by atoms with van der Waals surface area (Å²) in [5.41, 5.74) is 2.94. The summed E-state index contributed by atoms with van der Waals surface area (Å²) in [6, 6.07) is 8.31. The molecular weight excluding hydrogens is 212 g/mol. The number of benzene rings is 1. The van der Waals surface area contributed by atoms with Crippen molar-refractivity contribution < 1.29 is 4.74 Å². The SMILES string of the molecule is Cc1ccc(C#N)cc1NC(C)C1CCOC1. The zero-order valence-electron chi connectivity index (χ0n) is 10.4. The lowest BCUT2D eigenvalue weighted by molar-refractivity contribution is 0.183. The van der Waals surface area contributed by atoms with Crippen LogP contribution >= 0.6 is 0 Å². The van der Waals surface area contributed by atoms with Crippen molar-refractivity contribution in [1.82, 2.24) is 0 Å². The van der Waals surface area contributed by atoms with E-state index in [1.807, 2.05) is 18.2 Å². The van der Waals surface area contributed by atoms with E-state index < -0.39 is 0 Å². The van der Waals surface area contributed by atoms with E-state index in [1.54, 1.807) is 0 Å². The number of nitrogens with zero attached hydrogens (tertiary/aromatic N) is 1. The van der Waals surface area contributed by atoms with E-state index in [4.69, 9.17) is 10.00 Å². The van der Waals surface area contributed by atoms with Gasteiger partial charge < -0.3 is 10.1 Å². The molecule has 1 aliphatic heterocycles. The second-order valence-corrected chi connectivity index (χ2v) is 4.70. The van der Waals surface area contributed by atoms with Crippen LogP contribution in [0.3, 0.4) is 0 Å². The number of hydrogen-bond acceptors (Lipinski definition) is 3. The first-order valence-corrected chi connectivity index (χ1v) is 6.05. The van der Waals surface area contributed by atoms with Gasteiger partial charge in [-0.15, -0.1) is 0 Å². The molecule has 0 saturated carbocycles. The zero-order valence-corrected chi connectivity index (χ0v) is 10.4. The predicted octanol–water partition coefficient (Wildman–Crippen LogP) is 2.70. The molecule has 0 bridgehead atoms. The van der Waals surface area contributed by atoms with Gasteiger partial charge >= 0.3 is 0 Å². The van der Waals surface area contributed by atoms with Crippen LogP contribution in [0.15, 0.2) is 18.2 Å². The molecule has 1 heterocycles. The van der Waals surface area contributed by atoms with Gasteiger partial charge in [0.15, 0.2) is 0 Å². The molecule has 2 unspecified atom stereocenters. The summed E-state index contributed by atoms with van der Waals surface area (Å²) < 4.78 is 5.40. The van der Waals surface area contributed by atoms with Crippen LogP contribution in [-0.4, -0.2) is 19.3 Å². The highest BCUT2D eigenvalue weighted by Gasteiger charge is 2.22. The summed E-state index contributed by atoms with van der Waals surface area (Å²) in [5.74, 6) is 0.570. The van der Waals surface area contributed by atoms with Gasteiger partial charge in [0.05, 0.1) is 18.2 Å².